The molecule has 2 atom stereocenters. The number of pyridine rings is 1. The first kappa shape index (κ1) is 29.5. The highest BCUT2D eigenvalue weighted by atomic mass is 19.4. The lowest BCUT2D eigenvalue weighted by atomic mass is 9.95. The molecule has 2 saturated heterocycles. The number of rotatable bonds is 3. The van der Waals surface area contributed by atoms with E-state index in [9.17, 15) is 31.1 Å². The number of likely N-dealkylation sites (tertiary alicyclic amines) is 1. The summed E-state index contributed by atoms with van der Waals surface area (Å²) in [4.78, 5) is 39.0. The second kappa shape index (κ2) is 12.5. The fourth-order valence-electron chi connectivity index (χ4n) is 4.00. The van der Waals surface area contributed by atoms with Gasteiger partial charge >= 0.3 is 24.3 Å². The normalized spacial score (nSPS) is 19.6. The van der Waals surface area contributed by atoms with Crippen molar-refractivity contribution in [1.29, 1.82) is 0 Å². The summed E-state index contributed by atoms with van der Waals surface area (Å²) in [6, 6.07) is 15.0. The molecule has 3 heterocycles. The second-order valence-corrected chi connectivity index (χ2v) is 7.99. The molecule has 1 amide bonds. The van der Waals surface area contributed by atoms with Crippen molar-refractivity contribution in [3.63, 3.8) is 0 Å². The van der Waals surface area contributed by atoms with Crippen LogP contribution in [0.25, 0.3) is 0 Å². The third-order valence-corrected chi connectivity index (χ3v) is 5.53. The molecule has 14 heteroatoms. The van der Waals surface area contributed by atoms with Crippen LogP contribution in [0.2, 0.25) is 0 Å². The first-order valence-electron chi connectivity index (χ1n) is 10.8. The number of benzene rings is 1. The summed E-state index contributed by atoms with van der Waals surface area (Å²) in [6.45, 7) is 1.99. The van der Waals surface area contributed by atoms with Gasteiger partial charge in [-0.2, -0.15) is 26.3 Å². The molecule has 2 N–H and O–H groups in total. The lowest BCUT2D eigenvalue weighted by Crippen LogP contribution is -2.52. The Hall–Kier alpha value is -3.68. The van der Waals surface area contributed by atoms with Gasteiger partial charge in [-0.05, 0) is 42.7 Å². The van der Waals surface area contributed by atoms with Crippen LogP contribution in [0.4, 0.5) is 32.0 Å². The number of alkyl halides is 6. The largest absolute Gasteiger partial charge is 0.490 e. The number of aliphatic carboxylic acids is 2. The molecule has 1 aromatic heterocycles. The average molecular weight is 535 g/mol. The number of piperidine rings is 1. The van der Waals surface area contributed by atoms with Crippen LogP contribution in [0.3, 0.4) is 0 Å². The van der Waals surface area contributed by atoms with Gasteiger partial charge in [-0.1, -0.05) is 18.2 Å². The number of nitrogens with zero attached hydrogens (tertiary/aromatic N) is 3. The van der Waals surface area contributed by atoms with E-state index < -0.39 is 24.3 Å². The zero-order valence-electron chi connectivity index (χ0n) is 19.1. The minimum atomic E-state index is -5.08. The molecule has 8 nitrogen and oxygen atoms in total. The number of aromatic nitrogens is 1. The number of hydrogen-bond acceptors (Lipinski definition) is 5. The van der Waals surface area contributed by atoms with Crippen molar-refractivity contribution in [2.24, 2.45) is 0 Å². The molecule has 4 rings (SSSR count). The molecule has 2 aromatic rings. The molecule has 2 fully saturated rings. The number of carbonyl (C=O) groups excluding carboxylic acids is 1. The highest BCUT2D eigenvalue weighted by Gasteiger charge is 2.43. The number of anilines is 1. The third kappa shape index (κ3) is 8.74. The Morgan fingerprint density at radius 2 is 1.38 bits per heavy atom. The van der Waals surface area contributed by atoms with E-state index in [1.807, 2.05) is 47.6 Å². The van der Waals surface area contributed by atoms with Crippen molar-refractivity contribution in [3.05, 3.63) is 60.4 Å². The van der Waals surface area contributed by atoms with Crippen LogP contribution in [0, 0.1) is 0 Å². The van der Waals surface area contributed by atoms with Crippen LogP contribution in [-0.4, -0.2) is 68.9 Å². The molecular weight excluding hydrogens is 512 g/mol. The number of carbonyl (C=O) groups is 3. The monoisotopic (exact) mass is 535 g/mol. The summed E-state index contributed by atoms with van der Waals surface area (Å²) in [5, 5.41) is 14.2. The number of amides is 1. The second-order valence-electron chi connectivity index (χ2n) is 7.99. The topological polar surface area (TPSA) is 111 Å². The molecule has 202 valence electrons. The summed E-state index contributed by atoms with van der Waals surface area (Å²) < 4.78 is 63.5. The van der Waals surface area contributed by atoms with E-state index in [4.69, 9.17) is 19.8 Å². The Labute approximate surface area is 207 Å². The number of hydrogen-bond donors (Lipinski definition) is 2. The van der Waals surface area contributed by atoms with Crippen molar-refractivity contribution < 1.29 is 50.9 Å². The number of halogens is 6. The Bertz CT molecular complexity index is 1030. The average Bonchev–Trinajstić information content (AvgIpc) is 3.22. The molecular formula is C23H23F6N3O5. The van der Waals surface area contributed by atoms with Gasteiger partial charge in [0, 0.05) is 43.6 Å². The van der Waals surface area contributed by atoms with Crippen LogP contribution in [-0.2, 0) is 20.9 Å². The van der Waals surface area contributed by atoms with Gasteiger partial charge in [-0.25, -0.2) is 9.59 Å². The standard InChI is InChI=1S/C19H21N3O.2C2HF3O2/c23-19-7-6-17-18(22(19)16-4-2-1-3-5-16)10-13-21(17)14-15-8-11-20-12-9-15;2*3-2(4,5)1(6)7/h1-5,8-9,11-12,17-18H,6-7,10,13-14H2;2*(H,6,7)/t17-,18-;;/m1../s1. The van der Waals surface area contributed by atoms with E-state index in [1.54, 1.807) is 0 Å². The third-order valence-electron chi connectivity index (χ3n) is 5.53. The van der Waals surface area contributed by atoms with E-state index in [0.717, 1.165) is 31.6 Å². The summed E-state index contributed by atoms with van der Waals surface area (Å²) in [5.41, 5.74) is 2.33. The summed E-state index contributed by atoms with van der Waals surface area (Å²) in [5.74, 6) is -5.25. The molecule has 2 aliphatic rings. The fraction of sp³-hybridized carbons (Fsp3) is 0.391. The van der Waals surface area contributed by atoms with E-state index in [2.05, 4.69) is 22.0 Å². The van der Waals surface area contributed by atoms with E-state index >= 15 is 0 Å². The predicted octanol–water partition coefficient (Wildman–Crippen LogP) is 4.12. The Morgan fingerprint density at radius 3 is 1.86 bits per heavy atom. The van der Waals surface area contributed by atoms with Crippen LogP contribution < -0.4 is 4.90 Å². The maximum atomic E-state index is 12.5. The smallest absolute Gasteiger partial charge is 0.475 e. The van der Waals surface area contributed by atoms with Gasteiger partial charge in [-0.15, -0.1) is 0 Å². The molecule has 0 saturated carbocycles. The van der Waals surface area contributed by atoms with Crippen molar-refractivity contribution in [2.45, 2.75) is 50.2 Å². The lowest BCUT2D eigenvalue weighted by molar-refractivity contribution is -0.193. The Morgan fingerprint density at radius 1 is 0.865 bits per heavy atom. The maximum absolute atomic E-state index is 12.5. The van der Waals surface area contributed by atoms with Gasteiger partial charge < -0.3 is 15.1 Å². The van der Waals surface area contributed by atoms with Gasteiger partial charge in [0.1, 0.15) is 0 Å². The van der Waals surface area contributed by atoms with Gasteiger partial charge in [-0.3, -0.25) is 14.7 Å². The van der Waals surface area contributed by atoms with Gasteiger partial charge in [0.05, 0.1) is 6.04 Å². The summed E-state index contributed by atoms with van der Waals surface area (Å²) in [6.07, 6.45) is -3.80. The van der Waals surface area contributed by atoms with Crippen molar-refractivity contribution in [1.82, 2.24) is 9.88 Å². The van der Waals surface area contributed by atoms with E-state index in [0.29, 0.717) is 18.5 Å². The van der Waals surface area contributed by atoms with Crippen molar-refractivity contribution in [2.75, 3.05) is 11.4 Å². The van der Waals surface area contributed by atoms with Crippen molar-refractivity contribution in [3.8, 4) is 0 Å². The molecule has 1 aromatic carbocycles. The number of fused-ring (bicyclic) bond motifs is 1. The zero-order valence-corrected chi connectivity index (χ0v) is 19.1. The minimum Gasteiger partial charge on any atom is -0.475 e. The number of para-hydroxylation sites is 1. The molecule has 0 aliphatic carbocycles. The van der Waals surface area contributed by atoms with Crippen LogP contribution in [0.5, 0.6) is 0 Å². The van der Waals surface area contributed by atoms with Gasteiger partial charge in [0.2, 0.25) is 5.91 Å². The van der Waals surface area contributed by atoms with Crippen LogP contribution in [0.15, 0.2) is 54.9 Å². The molecule has 0 spiro atoms. The highest BCUT2D eigenvalue weighted by molar-refractivity contribution is 5.95. The van der Waals surface area contributed by atoms with E-state index in [-0.39, 0.29) is 5.91 Å². The van der Waals surface area contributed by atoms with Crippen LogP contribution >= 0.6 is 0 Å². The Kier molecular flexibility index (Phi) is 10.00. The predicted molar refractivity (Wildman–Crippen MR) is 117 cm³/mol. The number of carboxylic acid groups (broad SMARTS) is 2. The molecule has 2 aliphatic heterocycles. The SMILES string of the molecule is O=C(O)C(F)(F)F.O=C(O)C(F)(F)F.O=C1CC[C@@H]2[C@@H](CCN2Cc2ccncc2)N1c1ccccc1. The first-order chi connectivity index (χ1) is 17.2. The maximum Gasteiger partial charge on any atom is 0.490 e. The fourth-order valence-corrected chi connectivity index (χ4v) is 4.00. The molecule has 0 radical (unpaired) electrons. The van der Waals surface area contributed by atoms with Crippen molar-refractivity contribution >= 4 is 23.5 Å². The highest BCUT2D eigenvalue weighted by Crippen LogP contribution is 2.35. The molecule has 37 heavy (non-hydrogen) atoms. The van der Waals surface area contributed by atoms with E-state index in [1.165, 1.54) is 5.56 Å². The minimum absolute atomic E-state index is 0.267. The van der Waals surface area contributed by atoms with Gasteiger partial charge in [0.15, 0.2) is 0 Å². The number of carboxylic acids is 2. The first-order valence-corrected chi connectivity index (χ1v) is 10.8. The van der Waals surface area contributed by atoms with Crippen LogP contribution in [0.1, 0.15) is 24.8 Å². The summed E-state index contributed by atoms with van der Waals surface area (Å²) >= 11 is 0. The lowest BCUT2D eigenvalue weighted by Gasteiger charge is -2.40. The zero-order chi connectivity index (χ0) is 27.8. The Balaban J connectivity index is 0.000000286. The molecule has 0 unspecified atom stereocenters. The quantitative estimate of drug-likeness (QED) is 0.569. The summed E-state index contributed by atoms with van der Waals surface area (Å²) in [7, 11) is 0. The molecule has 0 bridgehead atoms. The van der Waals surface area contributed by atoms with Gasteiger partial charge in [0.25, 0.3) is 0 Å².